The number of ether oxygens (including phenoxy) is 1. The van der Waals surface area contributed by atoms with E-state index < -0.39 is 33.0 Å². The smallest absolute Gasteiger partial charge is 0.475 e. The van der Waals surface area contributed by atoms with E-state index in [0.29, 0.717) is 11.3 Å². The second-order valence-electron chi connectivity index (χ2n) is 5.75. The zero-order valence-electron chi connectivity index (χ0n) is 14.0. The first-order valence-corrected chi connectivity index (χ1v) is 8.95. The molecule has 3 rings (SSSR count). The molecule has 0 saturated heterocycles. The molecule has 0 saturated carbocycles. The van der Waals surface area contributed by atoms with Crippen LogP contribution in [0.15, 0.2) is 47.4 Å². The van der Waals surface area contributed by atoms with Gasteiger partial charge in [0.1, 0.15) is 5.75 Å². The molecule has 1 aliphatic heterocycles. The normalized spacial score (nSPS) is 14.9. The lowest BCUT2D eigenvalue weighted by molar-refractivity contribution is -0.121. The van der Waals surface area contributed by atoms with E-state index in [4.69, 9.17) is 9.94 Å². The van der Waals surface area contributed by atoms with Gasteiger partial charge >= 0.3 is 5.51 Å². The minimum atomic E-state index is -4.90. The Hall–Kier alpha value is -2.92. The summed E-state index contributed by atoms with van der Waals surface area (Å²) in [6.45, 7) is -0.408. The number of amides is 2. The van der Waals surface area contributed by atoms with Gasteiger partial charge in [0.25, 0.3) is 11.8 Å². The zero-order valence-corrected chi connectivity index (χ0v) is 14.8. The quantitative estimate of drug-likeness (QED) is 0.592. The van der Waals surface area contributed by atoms with Gasteiger partial charge < -0.3 is 9.64 Å². The number of rotatable bonds is 4. The molecule has 0 radical (unpaired) electrons. The molecule has 0 bridgehead atoms. The van der Waals surface area contributed by atoms with E-state index >= 15 is 0 Å². The van der Waals surface area contributed by atoms with Gasteiger partial charge in [0, 0.05) is 10.5 Å². The van der Waals surface area contributed by atoms with Gasteiger partial charge in [0.2, 0.25) is 0 Å². The average molecular weight is 414 g/mol. The maximum Gasteiger partial charge on any atom is 0.475 e. The molecule has 1 aliphatic rings. The number of hydrogen-bond acceptors (Lipinski definition) is 5. The summed E-state index contributed by atoms with van der Waals surface area (Å²) in [4.78, 5) is 24.7. The van der Waals surface area contributed by atoms with Crippen molar-refractivity contribution < 1.29 is 36.9 Å². The fourth-order valence-electron chi connectivity index (χ4n) is 2.66. The molecule has 1 atom stereocenters. The van der Waals surface area contributed by atoms with Crippen LogP contribution in [0, 0.1) is 0 Å². The van der Waals surface area contributed by atoms with Gasteiger partial charge in [-0.25, -0.2) is 9.69 Å². The zero-order chi connectivity index (χ0) is 20.5. The first-order chi connectivity index (χ1) is 13.2. The van der Waals surface area contributed by atoms with E-state index in [-0.39, 0.29) is 24.4 Å². The van der Waals surface area contributed by atoms with E-state index in [1.807, 2.05) is 0 Å². The third kappa shape index (κ3) is 3.99. The highest BCUT2D eigenvalue weighted by atomic mass is 32.2. The number of fused-ring (bicyclic) bond motifs is 1. The van der Waals surface area contributed by atoms with Crippen molar-refractivity contribution in [2.45, 2.75) is 16.9 Å². The summed E-state index contributed by atoms with van der Waals surface area (Å²) < 4.78 is 54.9. The fraction of sp³-hybridized carbons (Fsp3) is 0.176. The summed E-state index contributed by atoms with van der Waals surface area (Å²) in [6, 6.07) is 9.14. The molecule has 7 nitrogen and oxygen atoms in total. The second-order valence-corrected chi connectivity index (χ2v) is 7.23. The van der Waals surface area contributed by atoms with E-state index in [2.05, 4.69) is 0 Å². The topological polar surface area (TPSA) is 95.9 Å². The molecule has 1 unspecified atom stereocenters. The van der Waals surface area contributed by atoms with Crippen LogP contribution in [0.1, 0.15) is 15.9 Å². The Morgan fingerprint density at radius 2 is 2.00 bits per heavy atom. The number of alkyl halides is 3. The summed E-state index contributed by atoms with van der Waals surface area (Å²) in [5, 5.41) is 8.76. The minimum absolute atomic E-state index is 0.0523. The summed E-state index contributed by atoms with van der Waals surface area (Å²) in [5.74, 6) is -0.983. The molecule has 28 heavy (non-hydrogen) atoms. The highest BCUT2D eigenvalue weighted by Gasteiger charge is 2.38. The van der Waals surface area contributed by atoms with E-state index in [0.717, 1.165) is 12.1 Å². The van der Waals surface area contributed by atoms with Crippen LogP contribution in [0.4, 0.5) is 18.9 Å². The van der Waals surface area contributed by atoms with Gasteiger partial charge in [0.15, 0.2) is 17.4 Å². The van der Waals surface area contributed by atoms with Crippen molar-refractivity contribution in [3.05, 3.63) is 53.6 Å². The average Bonchev–Trinajstić information content (AvgIpc) is 2.68. The molecular formula is C17H13F3N2O5S. The number of halogens is 3. The molecule has 0 aromatic heterocycles. The van der Waals surface area contributed by atoms with E-state index in [9.17, 15) is 27.0 Å². The number of anilines is 1. The SMILES string of the molecule is O=C(NO)c1ccc2c(c1)N(Cc1cccc(S(=O)C(F)(F)F)c1)C(=O)CO2. The second kappa shape index (κ2) is 7.60. The van der Waals surface area contributed by atoms with Crippen LogP contribution in [0.2, 0.25) is 0 Å². The summed E-state index contributed by atoms with van der Waals surface area (Å²) >= 11 is 0. The predicted molar refractivity (Wildman–Crippen MR) is 91.3 cm³/mol. The number of benzene rings is 2. The molecule has 2 amide bonds. The van der Waals surface area contributed by atoms with Crippen molar-refractivity contribution in [2.75, 3.05) is 11.5 Å². The van der Waals surface area contributed by atoms with Crippen molar-refractivity contribution >= 4 is 28.3 Å². The molecule has 2 aromatic carbocycles. The van der Waals surface area contributed by atoms with Crippen molar-refractivity contribution in [1.82, 2.24) is 5.48 Å². The van der Waals surface area contributed by atoms with Crippen molar-refractivity contribution in [3.8, 4) is 5.75 Å². The lowest BCUT2D eigenvalue weighted by Gasteiger charge is -2.30. The van der Waals surface area contributed by atoms with Crippen molar-refractivity contribution in [3.63, 3.8) is 0 Å². The molecule has 148 valence electrons. The maximum absolute atomic E-state index is 12.7. The molecule has 0 fully saturated rings. The lowest BCUT2D eigenvalue weighted by atomic mass is 10.1. The number of nitrogens with one attached hydrogen (secondary N) is 1. The highest BCUT2D eigenvalue weighted by molar-refractivity contribution is 7.86. The van der Waals surface area contributed by atoms with Gasteiger partial charge in [-0.05, 0) is 35.9 Å². The van der Waals surface area contributed by atoms with Gasteiger partial charge in [0.05, 0.1) is 12.2 Å². The first kappa shape index (κ1) is 19.8. The van der Waals surface area contributed by atoms with Gasteiger partial charge in [-0.2, -0.15) is 13.2 Å². The third-order valence-corrected chi connectivity index (χ3v) is 5.03. The Morgan fingerprint density at radius 3 is 2.68 bits per heavy atom. The molecule has 2 N–H and O–H groups in total. The van der Waals surface area contributed by atoms with Crippen LogP contribution in [0.5, 0.6) is 5.75 Å². The predicted octanol–water partition coefficient (Wildman–Crippen LogP) is 2.36. The van der Waals surface area contributed by atoms with Gasteiger partial charge in [-0.3, -0.25) is 14.8 Å². The number of nitrogens with zero attached hydrogens (tertiary/aromatic N) is 1. The van der Waals surface area contributed by atoms with Crippen LogP contribution in [0.3, 0.4) is 0 Å². The van der Waals surface area contributed by atoms with Crippen LogP contribution in [-0.4, -0.2) is 33.3 Å². The molecule has 2 aromatic rings. The lowest BCUT2D eigenvalue weighted by Crippen LogP contribution is -2.38. The molecule has 0 spiro atoms. The Labute approximate surface area is 159 Å². The van der Waals surface area contributed by atoms with Crippen LogP contribution < -0.4 is 15.1 Å². The maximum atomic E-state index is 12.7. The van der Waals surface area contributed by atoms with Gasteiger partial charge in [-0.15, -0.1) is 0 Å². The first-order valence-electron chi connectivity index (χ1n) is 7.80. The summed E-state index contributed by atoms with van der Waals surface area (Å²) in [7, 11) is -3.19. The summed E-state index contributed by atoms with van der Waals surface area (Å²) in [6.07, 6.45) is 0. The standard InChI is InChI=1S/C17H13F3N2O5S/c18-17(19,20)28(26)12-3-1-2-10(6-12)8-22-13-7-11(16(24)21-25)4-5-14(13)27-9-15(22)23/h1-7,25H,8-9H2,(H,21,24). The third-order valence-electron chi connectivity index (χ3n) is 3.93. The molecular weight excluding hydrogens is 401 g/mol. The minimum Gasteiger partial charge on any atom is -0.482 e. The number of hydroxylamine groups is 1. The van der Waals surface area contributed by atoms with Crippen molar-refractivity contribution in [1.29, 1.82) is 0 Å². The van der Waals surface area contributed by atoms with Gasteiger partial charge in [-0.1, -0.05) is 12.1 Å². The Bertz CT molecular complexity index is 964. The summed E-state index contributed by atoms with van der Waals surface area (Å²) in [5.41, 5.74) is -2.83. The monoisotopic (exact) mass is 414 g/mol. The molecule has 0 aliphatic carbocycles. The largest absolute Gasteiger partial charge is 0.482 e. The molecule has 1 heterocycles. The Kier molecular flexibility index (Phi) is 5.38. The van der Waals surface area contributed by atoms with Crippen LogP contribution >= 0.6 is 0 Å². The van der Waals surface area contributed by atoms with Crippen molar-refractivity contribution in [2.24, 2.45) is 0 Å². The highest BCUT2D eigenvalue weighted by Crippen LogP contribution is 2.34. The van der Waals surface area contributed by atoms with Crippen LogP contribution in [-0.2, 0) is 22.1 Å². The fourth-order valence-corrected chi connectivity index (χ4v) is 3.38. The van der Waals surface area contributed by atoms with Crippen LogP contribution in [0.25, 0.3) is 0 Å². The van der Waals surface area contributed by atoms with E-state index in [1.54, 1.807) is 0 Å². The number of carbonyl (C=O) groups excluding carboxylic acids is 2. The number of carbonyl (C=O) groups is 2. The Balaban J connectivity index is 1.94. The number of hydrogen-bond donors (Lipinski definition) is 2. The molecule has 11 heteroatoms. The Morgan fingerprint density at radius 1 is 1.25 bits per heavy atom. The van der Waals surface area contributed by atoms with E-state index in [1.165, 1.54) is 40.7 Å².